The maximum absolute atomic E-state index is 12.9. The van der Waals surface area contributed by atoms with Crippen LogP contribution in [0.3, 0.4) is 0 Å². The van der Waals surface area contributed by atoms with Gasteiger partial charge >= 0.3 is 5.97 Å². The van der Waals surface area contributed by atoms with Crippen molar-refractivity contribution >= 4 is 27.4 Å². The Kier molecular flexibility index (Phi) is 5.79. The van der Waals surface area contributed by atoms with E-state index >= 15 is 0 Å². The average Bonchev–Trinajstić information content (AvgIpc) is 2.67. The monoisotopic (exact) mass is 404 g/mol. The number of benzene rings is 2. The number of rotatable bonds is 6. The van der Waals surface area contributed by atoms with Gasteiger partial charge in [0.15, 0.2) is 0 Å². The van der Waals surface area contributed by atoms with Crippen LogP contribution in [0.5, 0.6) is 5.75 Å². The number of methoxy groups -OCH3 is 1. The molecule has 0 bridgehead atoms. The minimum absolute atomic E-state index is 0.0289. The van der Waals surface area contributed by atoms with Crippen LogP contribution in [0.1, 0.15) is 30.1 Å². The van der Waals surface area contributed by atoms with E-state index in [-0.39, 0.29) is 16.1 Å². The highest BCUT2D eigenvalue weighted by Gasteiger charge is 2.23. The number of nitrogens with one attached hydrogen (secondary N) is 1. The summed E-state index contributed by atoms with van der Waals surface area (Å²) >= 11 is 0. The molecule has 0 radical (unpaired) electrons. The Morgan fingerprint density at radius 3 is 2.54 bits per heavy atom. The van der Waals surface area contributed by atoms with Crippen LogP contribution in [0, 0.1) is 5.92 Å². The zero-order valence-electron chi connectivity index (χ0n) is 15.9. The third-order valence-corrected chi connectivity index (χ3v) is 6.24. The molecule has 8 heteroatoms. The largest absolute Gasteiger partial charge is 0.497 e. The topological polar surface area (TPSA) is 95.9 Å². The van der Waals surface area contributed by atoms with E-state index in [1.807, 2.05) is 0 Å². The normalized spacial score (nSPS) is 17.2. The molecular weight excluding hydrogens is 380 g/mol. The molecule has 0 unspecified atom stereocenters. The Hall–Kier alpha value is -2.74. The number of carboxylic acid groups (broad SMARTS) is 1. The molecule has 1 aliphatic heterocycles. The van der Waals surface area contributed by atoms with Crippen LogP contribution in [0.25, 0.3) is 0 Å². The number of aromatic carboxylic acids is 1. The predicted molar refractivity (Wildman–Crippen MR) is 108 cm³/mol. The van der Waals surface area contributed by atoms with Crippen molar-refractivity contribution < 1.29 is 23.1 Å². The predicted octanol–water partition coefficient (Wildman–Crippen LogP) is 3.43. The molecule has 0 aromatic heterocycles. The molecular formula is C20H24N2O5S. The Morgan fingerprint density at radius 1 is 1.21 bits per heavy atom. The van der Waals surface area contributed by atoms with E-state index in [1.54, 1.807) is 18.2 Å². The average molecular weight is 404 g/mol. The van der Waals surface area contributed by atoms with E-state index < -0.39 is 16.0 Å². The molecule has 1 heterocycles. The first-order valence-corrected chi connectivity index (χ1v) is 10.6. The van der Waals surface area contributed by atoms with E-state index in [4.69, 9.17) is 4.74 Å². The van der Waals surface area contributed by atoms with Gasteiger partial charge in [0.1, 0.15) is 5.75 Å². The molecule has 2 N–H and O–H groups in total. The number of hydrogen-bond donors (Lipinski definition) is 2. The van der Waals surface area contributed by atoms with Gasteiger partial charge in [0, 0.05) is 13.1 Å². The number of piperidine rings is 1. The summed E-state index contributed by atoms with van der Waals surface area (Å²) in [6, 6.07) is 10.6. The molecule has 0 spiro atoms. The fourth-order valence-electron chi connectivity index (χ4n) is 3.39. The molecule has 1 aliphatic rings. The molecule has 0 aliphatic carbocycles. The van der Waals surface area contributed by atoms with E-state index in [9.17, 15) is 18.3 Å². The van der Waals surface area contributed by atoms with Gasteiger partial charge in [-0.1, -0.05) is 6.92 Å². The molecule has 2 aromatic carbocycles. The SMILES string of the molecule is COc1ccc(S(=O)(=O)Nc2cc(C(=O)O)ccc2N2CCC[C@H](C)C2)cc1. The summed E-state index contributed by atoms with van der Waals surface area (Å²) in [5.41, 5.74) is 0.986. The summed E-state index contributed by atoms with van der Waals surface area (Å²) in [4.78, 5) is 13.6. The number of anilines is 2. The van der Waals surface area contributed by atoms with Crippen LogP contribution in [-0.2, 0) is 10.0 Å². The van der Waals surface area contributed by atoms with Crippen molar-refractivity contribution in [2.75, 3.05) is 29.8 Å². The first-order valence-electron chi connectivity index (χ1n) is 9.09. The van der Waals surface area contributed by atoms with Crippen LogP contribution < -0.4 is 14.4 Å². The smallest absolute Gasteiger partial charge is 0.335 e. The van der Waals surface area contributed by atoms with Gasteiger partial charge in [0.05, 0.1) is 28.9 Å². The van der Waals surface area contributed by atoms with E-state index in [0.29, 0.717) is 17.4 Å². The minimum atomic E-state index is -3.88. The Bertz CT molecular complexity index is 957. The van der Waals surface area contributed by atoms with E-state index in [0.717, 1.165) is 25.9 Å². The quantitative estimate of drug-likeness (QED) is 0.766. The highest BCUT2D eigenvalue weighted by molar-refractivity contribution is 7.92. The zero-order valence-corrected chi connectivity index (χ0v) is 16.7. The molecule has 0 saturated carbocycles. The minimum Gasteiger partial charge on any atom is -0.497 e. The third kappa shape index (κ3) is 4.39. The van der Waals surface area contributed by atoms with Crippen LogP contribution in [0.2, 0.25) is 0 Å². The number of carbonyl (C=O) groups is 1. The molecule has 28 heavy (non-hydrogen) atoms. The van der Waals surface area contributed by atoms with Gasteiger partial charge in [-0.05, 0) is 61.2 Å². The number of hydrogen-bond acceptors (Lipinski definition) is 5. The molecule has 7 nitrogen and oxygen atoms in total. The molecule has 150 valence electrons. The zero-order chi connectivity index (χ0) is 20.3. The maximum atomic E-state index is 12.9. The molecule has 1 saturated heterocycles. The summed E-state index contributed by atoms with van der Waals surface area (Å²) < 4.78 is 33.4. The Morgan fingerprint density at radius 2 is 1.93 bits per heavy atom. The summed E-state index contributed by atoms with van der Waals surface area (Å²) in [5.74, 6) is -0.0720. The fourth-order valence-corrected chi connectivity index (χ4v) is 4.46. The van der Waals surface area contributed by atoms with Crippen LogP contribution in [0.15, 0.2) is 47.4 Å². The van der Waals surface area contributed by atoms with Gasteiger partial charge in [-0.2, -0.15) is 0 Å². The highest BCUT2D eigenvalue weighted by atomic mass is 32.2. The van der Waals surface area contributed by atoms with Crippen molar-refractivity contribution in [2.24, 2.45) is 5.92 Å². The van der Waals surface area contributed by atoms with Crippen molar-refractivity contribution in [3.63, 3.8) is 0 Å². The van der Waals surface area contributed by atoms with E-state index in [1.165, 1.54) is 31.4 Å². The molecule has 1 atom stereocenters. The van der Waals surface area contributed by atoms with Gasteiger partial charge < -0.3 is 14.7 Å². The van der Waals surface area contributed by atoms with Gasteiger partial charge in [-0.3, -0.25) is 4.72 Å². The van der Waals surface area contributed by atoms with Gasteiger partial charge in [-0.15, -0.1) is 0 Å². The van der Waals surface area contributed by atoms with E-state index in [2.05, 4.69) is 16.5 Å². The van der Waals surface area contributed by atoms with Crippen LogP contribution >= 0.6 is 0 Å². The van der Waals surface area contributed by atoms with Crippen molar-refractivity contribution in [1.29, 1.82) is 0 Å². The Labute approximate surface area is 165 Å². The van der Waals surface area contributed by atoms with Crippen molar-refractivity contribution in [2.45, 2.75) is 24.7 Å². The highest BCUT2D eigenvalue weighted by Crippen LogP contribution is 2.32. The molecule has 0 amide bonds. The summed E-state index contributed by atoms with van der Waals surface area (Å²) in [6.45, 7) is 3.75. The standard InChI is InChI=1S/C20H24N2O5S/c1-14-4-3-11-22(13-14)19-10-5-15(20(23)24)12-18(19)21-28(25,26)17-8-6-16(27-2)7-9-17/h5-10,12,14,21H,3-4,11,13H2,1-2H3,(H,23,24)/t14-/m0/s1. The molecule has 2 aromatic rings. The van der Waals surface area contributed by atoms with Gasteiger partial charge in [0.2, 0.25) is 0 Å². The van der Waals surface area contributed by atoms with Crippen LogP contribution in [-0.4, -0.2) is 39.7 Å². The lowest BCUT2D eigenvalue weighted by molar-refractivity contribution is 0.0697. The first kappa shape index (κ1) is 20.0. The number of nitrogens with zero attached hydrogens (tertiary/aromatic N) is 1. The second-order valence-electron chi connectivity index (χ2n) is 7.01. The molecule has 3 rings (SSSR count). The summed E-state index contributed by atoms with van der Waals surface area (Å²) in [6.07, 6.45) is 2.13. The second kappa shape index (κ2) is 8.10. The lowest BCUT2D eigenvalue weighted by Gasteiger charge is -2.34. The van der Waals surface area contributed by atoms with Gasteiger partial charge in [-0.25, -0.2) is 13.2 Å². The number of sulfonamides is 1. The second-order valence-corrected chi connectivity index (χ2v) is 8.69. The van der Waals surface area contributed by atoms with Crippen molar-refractivity contribution in [1.82, 2.24) is 0 Å². The first-order chi connectivity index (χ1) is 13.3. The van der Waals surface area contributed by atoms with Gasteiger partial charge in [0.25, 0.3) is 10.0 Å². The maximum Gasteiger partial charge on any atom is 0.335 e. The third-order valence-electron chi connectivity index (χ3n) is 4.86. The molecule has 1 fully saturated rings. The lowest BCUT2D eigenvalue weighted by Crippen LogP contribution is -2.35. The number of carboxylic acids is 1. The summed E-state index contributed by atoms with van der Waals surface area (Å²) in [5, 5.41) is 9.32. The fraction of sp³-hybridized carbons (Fsp3) is 0.350. The lowest BCUT2D eigenvalue weighted by atomic mass is 9.99. The van der Waals surface area contributed by atoms with Crippen molar-refractivity contribution in [3.05, 3.63) is 48.0 Å². The van der Waals surface area contributed by atoms with Crippen molar-refractivity contribution in [3.8, 4) is 5.75 Å². The number of ether oxygens (including phenoxy) is 1. The summed E-state index contributed by atoms with van der Waals surface area (Å²) in [7, 11) is -2.38. The Balaban J connectivity index is 1.97. The van der Waals surface area contributed by atoms with Crippen LogP contribution in [0.4, 0.5) is 11.4 Å².